The Morgan fingerprint density at radius 2 is 1.73 bits per heavy atom. The number of nitrogens with zero attached hydrogens (tertiary/aromatic N) is 1. The molecule has 5 heteroatoms. The summed E-state index contributed by atoms with van der Waals surface area (Å²) in [6, 6.07) is 7.97. The summed E-state index contributed by atoms with van der Waals surface area (Å²) in [7, 11) is 1.86. The van der Waals surface area contributed by atoms with Gasteiger partial charge >= 0.3 is 6.03 Å². The average molecular weight is 305 g/mol. The normalized spacial score (nSPS) is 12.0. The molecule has 22 heavy (non-hydrogen) atoms. The molecule has 3 amide bonds. The molecule has 0 saturated heterocycles. The molecular formula is C17H27N3O2. The molecule has 0 aromatic heterocycles. The van der Waals surface area contributed by atoms with E-state index >= 15 is 0 Å². The fourth-order valence-electron chi connectivity index (χ4n) is 2.02. The Labute approximate surface area is 133 Å². The Kier molecular flexibility index (Phi) is 7.60. The molecule has 1 aromatic carbocycles. The van der Waals surface area contributed by atoms with Crippen LogP contribution >= 0.6 is 0 Å². The van der Waals surface area contributed by atoms with Crippen LogP contribution in [-0.2, 0) is 17.8 Å². The molecule has 1 rings (SSSR count). The molecule has 1 atom stereocenters. The highest BCUT2D eigenvalue weighted by Gasteiger charge is 2.12. The number of nitrogens with one attached hydrogen (secondary N) is 2. The van der Waals surface area contributed by atoms with E-state index in [1.165, 1.54) is 5.56 Å². The fraction of sp³-hybridized carbons (Fsp3) is 0.529. The van der Waals surface area contributed by atoms with Crippen LogP contribution in [0.15, 0.2) is 24.3 Å². The van der Waals surface area contributed by atoms with E-state index in [1.807, 2.05) is 25.8 Å². The molecule has 0 aliphatic heterocycles. The minimum Gasteiger partial charge on any atom is -0.335 e. The van der Waals surface area contributed by atoms with Crippen LogP contribution in [0.25, 0.3) is 0 Å². The molecule has 0 saturated carbocycles. The Morgan fingerprint density at radius 3 is 2.27 bits per heavy atom. The van der Waals surface area contributed by atoms with Gasteiger partial charge in [-0.3, -0.25) is 15.0 Å². The molecule has 0 aliphatic carbocycles. The van der Waals surface area contributed by atoms with Crippen LogP contribution in [0.2, 0.25) is 0 Å². The van der Waals surface area contributed by atoms with Gasteiger partial charge in [-0.05, 0) is 37.9 Å². The van der Waals surface area contributed by atoms with E-state index in [-0.39, 0.29) is 18.5 Å². The van der Waals surface area contributed by atoms with Crippen LogP contribution in [0.1, 0.15) is 38.3 Å². The highest BCUT2D eigenvalue weighted by molar-refractivity contribution is 5.95. The zero-order chi connectivity index (χ0) is 16.5. The molecular weight excluding hydrogens is 278 g/mol. The molecule has 2 N–H and O–H groups in total. The van der Waals surface area contributed by atoms with E-state index in [1.54, 1.807) is 0 Å². The lowest BCUT2D eigenvalue weighted by atomic mass is 10.1. The lowest BCUT2D eigenvalue weighted by molar-refractivity contribution is -0.120. The van der Waals surface area contributed by atoms with Gasteiger partial charge in [0.05, 0.1) is 6.54 Å². The second-order valence-electron chi connectivity index (χ2n) is 5.67. The number of carbonyl (C=O) groups is 2. The highest BCUT2D eigenvalue weighted by atomic mass is 16.2. The summed E-state index contributed by atoms with van der Waals surface area (Å²) in [5, 5.41) is 5.06. The second-order valence-corrected chi connectivity index (χ2v) is 5.67. The van der Waals surface area contributed by atoms with Crippen LogP contribution in [-0.4, -0.2) is 36.5 Å². The maximum Gasteiger partial charge on any atom is 0.321 e. The Balaban J connectivity index is 2.38. The van der Waals surface area contributed by atoms with Crippen molar-refractivity contribution in [2.45, 2.75) is 46.2 Å². The van der Waals surface area contributed by atoms with Gasteiger partial charge in [-0.2, -0.15) is 0 Å². The van der Waals surface area contributed by atoms with E-state index in [2.05, 4.69) is 41.8 Å². The SMILES string of the molecule is CCc1ccc(CN(C)CC(=O)NC(=O)N[C@@H](C)CC)cc1. The van der Waals surface area contributed by atoms with Gasteiger partial charge in [0.15, 0.2) is 0 Å². The van der Waals surface area contributed by atoms with Crippen molar-refractivity contribution in [3.05, 3.63) is 35.4 Å². The largest absolute Gasteiger partial charge is 0.335 e. The number of carbonyl (C=O) groups excluding carboxylic acids is 2. The molecule has 122 valence electrons. The summed E-state index contributed by atoms with van der Waals surface area (Å²) >= 11 is 0. The lowest BCUT2D eigenvalue weighted by Gasteiger charge is -2.17. The molecule has 5 nitrogen and oxygen atoms in total. The molecule has 0 fully saturated rings. The van der Waals surface area contributed by atoms with Crippen molar-refractivity contribution in [2.24, 2.45) is 0 Å². The zero-order valence-corrected chi connectivity index (χ0v) is 14.0. The van der Waals surface area contributed by atoms with E-state index < -0.39 is 6.03 Å². The molecule has 0 unspecified atom stereocenters. The predicted molar refractivity (Wildman–Crippen MR) is 88.6 cm³/mol. The summed E-state index contributed by atoms with van der Waals surface area (Å²) in [6.45, 7) is 6.85. The second kappa shape index (κ2) is 9.20. The standard InChI is InChI=1S/C17H27N3O2/c1-5-13(3)18-17(22)19-16(21)12-20(4)11-15-9-7-14(6-2)8-10-15/h7-10,13H,5-6,11-12H2,1-4H3,(H2,18,19,21,22)/t13-/m0/s1. The summed E-state index contributed by atoms with van der Waals surface area (Å²) < 4.78 is 0. The van der Waals surface area contributed by atoms with Gasteiger partial charge in [-0.25, -0.2) is 4.79 Å². The number of likely N-dealkylation sites (N-methyl/N-ethyl adjacent to an activating group) is 1. The van der Waals surface area contributed by atoms with Crippen molar-refractivity contribution in [3.63, 3.8) is 0 Å². The van der Waals surface area contributed by atoms with E-state index in [0.29, 0.717) is 6.54 Å². The minimum atomic E-state index is -0.431. The Hall–Kier alpha value is -1.88. The molecule has 0 aliphatic rings. The number of hydrogen-bond acceptors (Lipinski definition) is 3. The van der Waals surface area contributed by atoms with Crippen LogP contribution < -0.4 is 10.6 Å². The Morgan fingerprint density at radius 1 is 1.14 bits per heavy atom. The third-order valence-electron chi connectivity index (χ3n) is 3.54. The average Bonchev–Trinajstić information content (AvgIpc) is 2.47. The van der Waals surface area contributed by atoms with Gasteiger partial charge < -0.3 is 5.32 Å². The van der Waals surface area contributed by atoms with Crippen molar-refractivity contribution >= 4 is 11.9 Å². The summed E-state index contributed by atoms with van der Waals surface area (Å²) in [5.41, 5.74) is 2.45. The molecule has 0 bridgehead atoms. The van der Waals surface area contributed by atoms with Crippen molar-refractivity contribution in [3.8, 4) is 0 Å². The van der Waals surface area contributed by atoms with Crippen LogP contribution in [0.3, 0.4) is 0 Å². The first-order chi connectivity index (χ1) is 10.4. The van der Waals surface area contributed by atoms with E-state index in [4.69, 9.17) is 0 Å². The molecule has 1 aromatic rings. The van der Waals surface area contributed by atoms with E-state index in [0.717, 1.165) is 18.4 Å². The van der Waals surface area contributed by atoms with Gasteiger partial charge in [0.2, 0.25) is 5.91 Å². The number of urea groups is 1. The van der Waals surface area contributed by atoms with E-state index in [9.17, 15) is 9.59 Å². The lowest BCUT2D eigenvalue weighted by Crippen LogP contribution is -2.46. The number of hydrogen-bond donors (Lipinski definition) is 2. The number of benzene rings is 1. The highest BCUT2D eigenvalue weighted by Crippen LogP contribution is 2.07. The fourth-order valence-corrected chi connectivity index (χ4v) is 2.02. The first-order valence-electron chi connectivity index (χ1n) is 7.81. The Bertz CT molecular complexity index is 485. The maximum absolute atomic E-state index is 11.8. The topological polar surface area (TPSA) is 61.4 Å². The van der Waals surface area contributed by atoms with Crippen LogP contribution in [0, 0.1) is 0 Å². The van der Waals surface area contributed by atoms with Crippen molar-refractivity contribution in [1.29, 1.82) is 0 Å². The van der Waals surface area contributed by atoms with Crippen molar-refractivity contribution in [2.75, 3.05) is 13.6 Å². The molecule has 0 radical (unpaired) electrons. The quantitative estimate of drug-likeness (QED) is 0.812. The monoisotopic (exact) mass is 305 g/mol. The van der Waals surface area contributed by atoms with Gasteiger partial charge in [0.1, 0.15) is 0 Å². The van der Waals surface area contributed by atoms with Crippen molar-refractivity contribution < 1.29 is 9.59 Å². The van der Waals surface area contributed by atoms with Gasteiger partial charge in [0, 0.05) is 12.6 Å². The smallest absolute Gasteiger partial charge is 0.321 e. The van der Waals surface area contributed by atoms with Crippen LogP contribution in [0.5, 0.6) is 0 Å². The zero-order valence-electron chi connectivity index (χ0n) is 14.0. The minimum absolute atomic E-state index is 0.0580. The maximum atomic E-state index is 11.8. The third-order valence-corrected chi connectivity index (χ3v) is 3.54. The molecule has 0 spiro atoms. The van der Waals surface area contributed by atoms with Gasteiger partial charge in [0.25, 0.3) is 0 Å². The van der Waals surface area contributed by atoms with Crippen molar-refractivity contribution in [1.82, 2.24) is 15.5 Å². The molecule has 0 heterocycles. The first kappa shape index (κ1) is 18.2. The van der Waals surface area contributed by atoms with Gasteiger partial charge in [-0.15, -0.1) is 0 Å². The first-order valence-corrected chi connectivity index (χ1v) is 7.81. The third kappa shape index (κ3) is 6.72. The summed E-state index contributed by atoms with van der Waals surface area (Å²) in [6.07, 6.45) is 1.85. The summed E-state index contributed by atoms with van der Waals surface area (Å²) in [4.78, 5) is 25.3. The van der Waals surface area contributed by atoms with Gasteiger partial charge in [-0.1, -0.05) is 38.1 Å². The van der Waals surface area contributed by atoms with Crippen LogP contribution in [0.4, 0.5) is 4.79 Å². The number of imide groups is 1. The predicted octanol–water partition coefficient (Wildman–Crippen LogP) is 2.31. The summed E-state index contributed by atoms with van der Waals surface area (Å²) in [5.74, 6) is -0.298. The number of rotatable bonds is 7. The number of amides is 3. The number of aryl methyl sites for hydroxylation is 1.